The van der Waals surface area contributed by atoms with Gasteiger partial charge < -0.3 is 30.7 Å². The molecule has 0 spiro atoms. The molecule has 5 aromatic rings. The largest absolute Gasteiger partial charge is 0.497 e. The number of nitrogens with zero attached hydrogens (tertiary/aromatic N) is 4. The van der Waals surface area contributed by atoms with E-state index in [1.165, 1.54) is 75.7 Å². The molecular weight excluding hydrogens is 970 g/mol. The number of ether oxygens (including phenoxy) is 2. The summed E-state index contributed by atoms with van der Waals surface area (Å²) in [6.07, 6.45) is 0.208. The first-order chi connectivity index (χ1) is 32.1. The van der Waals surface area contributed by atoms with Gasteiger partial charge in [-0.15, -0.1) is 34.8 Å². The summed E-state index contributed by atoms with van der Waals surface area (Å²) in [5.41, 5.74) is 3.36. The van der Waals surface area contributed by atoms with E-state index in [-0.39, 0.29) is 68.0 Å². The van der Waals surface area contributed by atoms with Crippen molar-refractivity contribution < 1.29 is 38.2 Å². The smallest absolute Gasteiger partial charge is 0.258 e. The Morgan fingerprint density at radius 2 is 0.970 bits per heavy atom. The van der Waals surface area contributed by atoms with Crippen LogP contribution < -0.4 is 30.7 Å². The molecule has 16 nitrogen and oxygen atoms in total. The third kappa shape index (κ3) is 13.8. The average molecular weight is 1010 g/mol. The highest BCUT2D eigenvalue weighted by Crippen LogP contribution is 2.30. The van der Waals surface area contributed by atoms with Crippen LogP contribution in [-0.2, 0) is 37.4 Å². The monoisotopic (exact) mass is 1010 g/mol. The Balaban J connectivity index is 1.27. The van der Waals surface area contributed by atoms with Crippen molar-refractivity contribution in [1.29, 1.82) is 0 Å². The molecule has 348 valence electrons. The van der Waals surface area contributed by atoms with E-state index < -0.39 is 47.3 Å². The molecule has 21 heteroatoms. The Kier molecular flexibility index (Phi) is 18.8. The third-order valence-corrected chi connectivity index (χ3v) is 11.1. The minimum atomic E-state index is -1.60. The van der Waals surface area contributed by atoms with Gasteiger partial charge in [-0.05, 0) is 128 Å². The van der Waals surface area contributed by atoms with Crippen molar-refractivity contribution in [2.75, 3.05) is 41.4 Å². The molecule has 0 saturated heterocycles. The van der Waals surface area contributed by atoms with Crippen molar-refractivity contribution in [1.82, 2.24) is 0 Å². The van der Waals surface area contributed by atoms with Crippen molar-refractivity contribution in [3.05, 3.63) is 129 Å². The second-order valence-electron chi connectivity index (χ2n) is 14.3. The van der Waals surface area contributed by atoms with Gasteiger partial charge in [-0.2, -0.15) is 20.5 Å². The van der Waals surface area contributed by atoms with E-state index in [9.17, 15) is 28.8 Å². The molecule has 5 rings (SSSR count). The van der Waals surface area contributed by atoms with Crippen LogP contribution in [0.2, 0.25) is 10.0 Å². The van der Waals surface area contributed by atoms with Crippen LogP contribution in [0.15, 0.2) is 111 Å². The molecular formula is C46H41Cl5N8O8. The fourth-order valence-electron chi connectivity index (χ4n) is 6.14. The number of amides is 4. The number of Topliss-reactive ketones (excluding diaryl/α,β-unsaturated/α-hetero) is 2. The average Bonchev–Trinajstić information content (AvgIpc) is 3.30. The van der Waals surface area contributed by atoms with Crippen molar-refractivity contribution in [2.24, 2.45) is 20.5 Å². The van der Waals surface area contributed by atoms with E-state index >= 15 is 0 Å². The van der Waals surface area contributed by atoms with Crippen molar-refractivity contribution in [3.63, 3.8) is 0 Å². The number of azo groups is 2. The van der Waals surface area contributed by atoms with Gasteiger partial charge in [0.2, 0.25) is 12.1 Å². The zero-order chi connectivity index (χ0) is 48.8. The highest BCUT2D eigenvalue weighted by Gasteiger charge is 2.26. The Hall–Kier alpha value is -6.43. The number of halogens is 5. The molecule has 67 heavy (non-hydrogen) atoms. The second-order valence-corrected chi connectivity index (χ2v) is 16.0. The zero-order valence-electron chi connectivity index (χ0n) is 36.1. The van der Waals surface area contributed by atoms with Crippen LogP contribution in [0.4, 0.5) is 34.1 Å². The molecule has 2 unspecified atom stereocenters. The van der Waals surface area contributed by atoms with Crippen LogP contribution in [0.1, 0.15) is 51.3 Å². The van der Waals surface area contributed by atoms with Crippen molar-refractivity contribution >= 4 is 127 Å². The molecule has 0 aliphatic heterocycles. The van der Waals surface area contributed by atoms with Gasteiger partial charge in [-0.25, -0.2) is 0 Å². The zero-order valence-corrected chi connectivity index (χ0v) is 39.9. The molecule has 0 saturated carbocycles. The number of carbonyl (C=O) groups excluding carboxylic acids is 6. The van der Waals surface area contributed by atoms with Gasteiger partial charge in [0.05, 0.1) is 46.8 Å². The molecule has 0 bridgehead atoms. The highest BCUT2D eigenvalue weighted by molar-refractivity contribution is 6.35. The first-order valence-corrected chi connectivity index (χ1v) is 22.3. The third-order valence-electron chi connectivity index (χ3n) is 9.64. The normalized spacial score (nSPS) is 12.0. The highest BCUT2D eigenvalue weighted by atomic mass is 35.5. The minimum absolute atomic E-state index is 0.0407. The van der Waals surface area contributed by atoms with Gasteiger partial charge >= 0.3 is 0 Å². The van der Waals surface area contributed by atoms with Gasteiger partial charge in [0.15, 0.2) is 11.6 Å². The molecule has 4 amide bonds. The van der Waals surface area contributed by atoms with E-state index in [1.54, 1.807) is 36.4 Å². The number of carbonyl (C=O) groups is 6. The van der Waals surface area contributed by atoms with Crippen molar-refractivity contribution in [3.8, 4) is 11.5 Å². The number of anilines is 4. The molecule has 0 radical (unpaired) electrons. The predicted octanol–water partition coefficient (Wildman–Crippen LogP) is 11.1. The van der Waals surface area contributed by atoms with Gasteiger partial charge in [0, 0.05) is 40.4 Å². The number of nitrogens with one attached hydrogen (secondary N) is 4. The van der Waals surface area contributed by atoms with E-state index in [1.807, 2.05) is 0 Å². The Morgan fingerprint density at radius 1 is 0.537 bits per heavy atom. The van der Waals surface area contributed by atoms with Crippen LogP contribution in [0.5, 0.6) is 11.5 Å². The number of aryl methyl sites for hydroxylation is 1. The molecule has 4 N–H and O–H groups in total. The molecule has 0 fully saturated rings. The molecule has 0 aromatic heterocycles. The summed E-state index contributed by atoms with van der Waals surface area (Å²) in [6.45, 7) is 2.33. The van der Waals surface area contributed by atoms with Gasteiger partial charge in [-0.1, -0.05) is 23.2 Å². The lowest BCUT2D eigenvalue weighted by atomic mass is 10.1. The summed E-state index contributed by atoms with van der Waals surface area (Å²) >= 11 is 31.0. The maximum absolute atomic E-state index is 13.5. The Labute approximate surface area is 409 Å². The topological polar surface area (TPSA) is 218 Å². The van der Waals surface area contributed by atoms with Gasteiger partial charge in [-0.3, -0.25) is 28.8 Å². The summed E-state index contributed by atoms with van der Waals surface area (Å²) in [5.74, 6) is -2.67. The van der Waals surface area contributed by atoms with E-state index in [0.717, 1.165) is 6.92 Å². The number of methoxy groups -OCH3 is 2. The molecule has 0 aliphatic carbocycles. The van der Waals surface area contributed by atoms with E-state index in [0.29, 0.717) is 39.6 Å². The number of hydrogen-bond acceptors (Lipinski definition) is 12. The number of ketones is 2. The molecule has 2 atom stereocenters. The van der Waals surface area contributed by atoms with Crippen LogP contribution in [0, 0.1) is 0 Å². The van der Waals surface area contributed by atoms with E-state index in [2.05, 4.69) is 41.7 Å². The lowest BCUT2D eigenvalue weighted by Crippen LogP contribution is -2.32. The first kappa shape index (κ1) is 51.6. The van der Waals surface area contributed by atoms with Gasteiger partial charge in [0.25, 0.3) is 23.6 Å². The fourth-order valence-corrected chi connectivity index (χ4v) is 7.19. The maximum Gasteiger partial charge on any atom is 0.258 e. The number of alkyl halides is 3. The Morgan fingerprint density at radius 3 is 1.39 bits per heavy atom. The minimum Gasteiger partial charge on any atom is -0.497 e. The SMILES string of the molecule is COc1ccc(NC(=O)c2cc(N=NC(C(C)=O)C(=O)Nc3ccc(NC(=O)C(N=Nc4ccc(Cl)c(C(=O)Nc5ccc(OC)cc5CCl)c4)C(C)=O)c(CCCl)c3)ccc2Cl)c(CCl)c1. The second kappa shape index (κ2) is 24.4. The number of benzene rings is 5. The summed E-state index contributed by atoms with van der Waals surface area (Å²) in [5, 5.41) is 27.2. The number of hydrogen-bond donors (Lipinski definition) is 4. The van der Waals surface area contributed by atoms with Crippen molar-refractivity contribution in [2.45, 2.75) is 44.1 Å². The van der Waals surface area contributed by atoms with E-state index in [4.69, 9.17) is 67.5 Å². The predicted molar refractivity (Wildman–Crippen MR) is 260 cm³/mol. The molecule has 5 aromatic carbocycles. The lowest BCUT2D eigenvalue weighted by Gasteiger charge is -2.15. The summed E-state index contributed by atoms with van der Waals surface area (Å²) in [7, 11) is 3.01. The Bertz CT molecular complexity index is 2770. The van der Waals surface area contributed by atoms with Gasteiger partial charge in [0.1, 0.15) is 11.5 Å². The lowest BCUT2D eigenvalue weighted by molar-refractivity contribution is -0.127. The van der Waals surface area contributed by atoms with Crippen LogP contribution in [0.3, 0.4) is 0 Å². The summed E-state index contributed by atoms with van der Waals surface area (Å²) in [4.78, 5) is 78.8. The standard InChI is InChI=1S/C46H41Cl5N8O8/c1-24(60)41(58-56-30-5-10-36(50)34(20-30)43(62)53-39-13-8-32(66-3)18-27(39)22-48)45(64)52-29-7-12-38(26(17-29)15-16-47)55-46(65)42(25(2)61)59-57-31-6-11-37(51)35(21-31)44(63)54-40-14-9-33(67-4)19-28(40)23-49/h5-14,17-21,41-42H,15-16,22-23H2,1-4H3,(H,52,64)(H,53,62)(H,54,63)(H,55,65). The summed E-state index contributed by atoms with van der Waals surface area (Å²) in [6, 6.07) is 19.7. The summed E-state index contributed by atoms with van der Waals surface area (Å²) < 4.78 is 10.4. The fraction of sp³-hybridized carbons (Fsp3) is 0.217. The quantitative estimate of drug-likeness (QED) is 0.0333. The molecule has 0 aliphatic rings. The van der Waals surface area contributed by atoms with Crippen LogP contribution in [-0.4, -0.2) is 67.4 Å². The number of rotatable bonds is 20. The maximum atomic E-state index is 13.5. The first-order valence-electron chi connectivity index (χ1n) is 19.9. The van der Waals surface area contributed by atoms with Crippen LogP contribution in [0.25, 0.3) is 0 Å². The van der Waals surface area contributed by atoms with Crippen LogP contribution >= 0.6 is 58.0 Å². The molecule has 0 heterocycles.